The molecule has 0 atom stereocenters. The quantitative estimate of drug-likeness (QED) is 0.616. The van der Waals surface area contributed by atoms with E-state index in [-0.39, 0.29) is 6.54 Å². The van der Waals surface area contributed by atoms with Crippen molar-refractivity contribution < 1.29 is 24.2 Å². The van der Waals surface area contributed by atoms with Crippen molar-refractivity contribution in [1.29, 1.82) is 0 Å². The van der Waals surface area contributed by atoms with Crippen LogP contribution in [0.1, 0.15) is 5.69 Å². The van der Waals surface area contributed by atoms with Crippen molar-refractivity contribution in [2.24, 2.45) is 0 Å². The third-order valence-electron chi connectivity index (χ3n) is 3.85. The van der Waals surface area contributed by atoms with Crippen molar-refractivity contribution in [1.82, 2.24) is 4.98 Å². The minimum Gasteiger partial charge on any atom is -0.493 e. The summed E-state index contributed by atoms with van der Waals surface area (Å²) in [4.78, 5) is 16.9. The van der Waals surface area contributed by atoms with E-state index in [1.54, 1.807) is 18.2 Å². The highest BCUT2D eigenvalue weighted by Crippen LogP contribution is 2.20. The Balaban J connectivity index is 0.00000136. The van der Waals surface area contributed by atoms with Crippen LogP contribution in [0.15, 0.2) is 65.3 Å². The second-order valence-corrected chi connectivity index (χ2v) is 5.85. The average molecular weight is 384 g/mol. The summed E-state index contributed by atoms with van der Waals surface area (Å²) in [5.41, 5.74) is 2.60. The predicted octanol–water partition coefficient (Wildman–Crippen LogP) is 3.09. The first-order valence-electron chi connectivity index (χ1n) is 8.72. The van der Waals surface area contributed by atoms with E-state index in [0.717, 1.165) is 29.8 Å². The fourth-order valence-corrected chi connectivity index (χ4v) is 2.50. The molecule has 1 heterocycles. The molecule has 2 aromatic carbocycles. The maximum absolute atomic E-state index is 10.7. The lowest BCUT2D eigenvalue weighted by Gasteiger charge is -2.17. The van der Waals surface area contributed by atoms with Crippen LogP contribution < -0.4 is 9.64 Å². The molecule has 0 aliphatic carbocycles. The summed E-state index contributed by atoms with van der Waals surface area (Å²) >= 11 is 0. The number of carbonyl (C=O) groups is 1. The molecule has 1 aromatic heterocycles. The third-order valence-corrected chi connectivity index (χ3v) is 3.85. The number of aliphatic hydroxyl groups is 1. The van der Waals surface area contributed by atoms with Gasteiger partial charge in [-0.2, -0.15) is 0 Å². The molecule has 0 bridgehead atoms. The number of aromatic nitrogens is 1. The van der Waals surface area contributed by atoms with E-state index in [2.05, 4.69) is 4.98 Å². The summed E-state index contributed by atoms with van der Waals surface area (Å²) in [6.45, 7) is 0.432. The maximum atomic E-state index is 10.7. The van der Waals surface area contributed by atoms with Gasteiger partial charge in [-0.3, -0.25) is 4.79 Å². The molecule has 0 spiro atoms. The highest BCUT2D eigenvalue weighted by atomic mass is 16.5. The molecule has 0 fully saturated rings. The molecule has 0 saturated heterocycles. The highest BCUT2D eigenvalue weighted by molar-refractivity contribution is 5.73. The molecule has 0 radical (unpaired) electrons. The highest BCUT2D eigenvalue weighted by Gasteiger charge is 2.07. The summed E-state index contributed by atoms with van der Waals surface area (Å²) in [5, 5.41) is 15.8. The standard InChI is InChI=1S/C20H20N2O4.CH4O/c1-22(13-19(23)24)17-7-9-18(10-8-17)25-12-11-16-14-26-20(21-16)15-5-3-2-4-6-15;1-2/h2-10,14H,11-13H2,1H3,(H,23,24);2H,1H3. The average Bonchev–Trinajstić information content (AvgIpc) is 3.19. The van der Waals surface area contributed by atoms with Crippen LogP contribution >= 0.6 is 0 Å². The van der Waals surface area contributed by atoms with Gasteiger partial charge in [0.2, 0.25) is 5.89 Å². The minimum atomic E-state index is -0.865. The van der Waals surface area contributed by atoms with Crippen LogP contribution in [0, 0.1) is 0 Å². The largest absolute Gasteiger partial charge is 0.493 e. The van der Waals surface area contributed by atoms with E-state index in [4.69, 9.17) is 19.4 Å². The van der Waals surface area contributed by atoms with Crippen molar-refractivity contribution in [3.05, 3.63) is 66.6 Å². The van der Waals surface area contributed by atoms with Crippen LogP contribution in [0.4, 0.5) is 5.69 Å². The number of rotatable bonds is 8. The lowest BCUT2D eigenvalue weighted by Crippen LogP contribution is -2.24. The van der Waals surface area contributed by atoms with Crippen molar-refractivity contribution >= 4 is 11.7 Å². The van der Waals surface area contributed by atoms with Crippen molar-refractivity contribution in [3.63, 3.8) is 0 Å². The van der Waals surface area contributed by atoms with Gasteiger partial charge >= 0.3 is 5.97 Å². The van der Waals surface area contributed by atoms with Crippen LogP contribution in [0.25, 0.3) is 11.5 Å². The number of anilines is 1. The van der Waals surface area contributed by atoms with Gasteiger partial charge in [0.25, 0.3) is 0 Å². The summed E-state index contributed by atoms with van der Waals surface area (Å²) in [6.07, 6.45) is 2.28. The smallest absolute Gasteiger partial charge is 0.323 e. The molecule has 0 unspecified atom stereocenters. The molecule has 2 N–H and O–H groups in total. The SMILES string of the molecule is CN(CC(=O)O)c1ccc(OCCc2coc(-c3ccccc3)n2)cc1.CO. The molecule has 3 rings (SSSR count). The van der Waals surface area contributed by atoms with Crippen LogP contribution in [0.3, 0.4) is 0 Å². The summed E-state index contributed by atoms with van der Waals surface area (Å²) in [7, 11) is 2.73. The lowest BCUT2D eigenvalue weighted by molar-refractivity contribution is -0.135. The Kier molecular flexibility index (Phi) is 8.05. The van der Waals surface area contributed by atoms with Gasteiger partial charge in [-0.15, -0.1) is 0 Å². The van der Waals surface area contributed by atoms with E-state index in [1.807, 2.05) is 54.6 Å². The van der Waals surface area contributed by atoms with E-state index < -0.39 is 5.97 Å². The molecule has 0 amide bonds. The number of aliphatic hydroxyl groups excluding tert-OH is 1. The van der Waals surface area contributed by atoms with Gasteiger partial charge in [0, 0.05) is 31.8 Å². The molecule has 28 heavy (non-hydrogen) atoms. The van der Waals surface area contributed by atoms with Gasteiger partial charge in [-0.1, -0.05) is 18.2 Å². The minimum absolute atomic E-state index is 0.0455. The molecule has 0 aliphatic heterocycles. The zero-order valence-electron chi connectivity index (χ0n) is 15.9. The Morgan fingerprint density at radius 2 is 1.79 bits per heavy atom. The van der Waals surface area contributed by atoms with E-state index in [0.29, 0.717) is 18.9 Å². The van der Waals surface area contributed by atoms with Crippen molar-refractivity contribution in [2.75, 3.05) is 32.2 Å². The fourth-order valence-electron chi connectivity index (χ4n) is 2.50. The fraction of sp³-hybridized carbons (Fsp3) is 0.238. The number of hydrogen-bond donors (Lipinski definition) is 2. The van der Waals surface area contributed by atoms with Gasteiger partial charge in [0.1, 0.15) is 18.6 Å². The number of likely N-dealkylation sites (N-methyl/N-ethyl adjacent to an activating group) is 1. The first kappa shape index (κ1) is 21.0. The number of benzene rings is 2. The molecule has 0 saturated carbocycles. The number of nitrogens with zero attached hydrogens (tertiary/aromatic N) is 2. The Morgan fingerprint density at radius 1 is 1.11 bits per heavy atom. The predicted molar refractivity (Wildman–Crippen MR) is 107 cm³/mol. The van der Waals surface area contributed by atoms with E-state index in [9.17, 15) is 4.79 Å². The van der Waals surface area contributed by atoms with Gasteiger partial charge in [0.05, 0.1) is 12.3 Å². The monoisotopic (exact) mass is 384 g/mol. The molecular weight excluding hydrogens is 360 g/mol. The zero-order valence-corrected chi connectivity index (χ0v) is 15.9. The first-order chi connectivity index (χ1) is 13.6. The normalized spacial score (nSPS) is 9.96. The summed E-state index contributed by atoms with van der Waals surface area (Å²) < 4.78 is 11.2. The van der Waals surface area contributed by atoms with Crippen molar-refractivity contribution in [2.45, 2.75) is 6.42 Å². The lowest BCUT2D eigenvalue weighted by atomic mass is 10.2. The van der Waals surface area contributed by atoms with Gasteiger partial charge in [0.15, 0.2) is 0 Å². The third kappa shape index (κ3) is 6.14. The van der Waals surface area contributed by atoms with Crippen LogP contribution in [-0.2, 0) is 11.2 Å². The number of ether oxygens (including phenoxy) is 1. The van der Waals surface area contributed by atoms with Crippen LogP contribution in [-0.4, -0.2) is 48.5 Å². The number of hydrogen-bond acceptors (Lipinski definition) is 6. The van der Waals surface area contributed by atoms with Gasteiger partial charge in [-0.05, 0) is 36.4 Å². The Bertz CT molecular complexity index is 847. The zero-order chi connectivity index (χ0) is 20.4. The van der Waals surface area contributed by atoms with Gasteiger partial charge < -0.3 is 24.3 Å². The van der Waals surface area contributed by atoms with Crippen molar-refractivity contribution in [3.8, 4) is 17.2 Å². The maximum Gasteiger partial charge on any atom is 0.323 e. The molecular formula is C21H24N2O5. The second-order valence-electron chi connectivity index (χ2n) is 5.85. The molecule has 148 valence electrons. The number of carboxylic acid groups (broad SMARTS) is 1. The summed E-state index contributed by atoms with van der Waals surface area (Å²) in [6, 6.07) is 17.1. The second kappa shape index (κ2) is 10.7. The number of carboxylic acids is 1. The van der Waals surface area contributed by atoms with Crippen LogP contribution in [0.2, 0.25) is 0 Å². The number of aliphatic carboxylic acids is 1. The van der Waals surface area contributed by atoms with Gasteiger partial charge in [-0.25, -0.2) is 4.98 Å². The molecule has 3 aromatic rings. The van der Waals surface area contributed by atoms with E-state index in [1.165, 1.54) is 0 Å². The Hall–Kier alpha value is -3.32. The first-order valence-corrected chi connectivity index (χ1v) is 8.72. The van der Waals surface area contributed by atoms with Crippen LogP contribution in [0.5, 0.6) is 5.75 Å². The molecule has 7 nitrogen and oxygen atoms in total. The Morgan fingerprint density at radius 3 is 2.43 bits per heavy atom. The Labute approximate surface area is 163 Å². The topological polar surface area (TPSA) is 96.0 Å². The molecule has 0 aliphatic rings. The number of oxazole rings is 1. The molecule has 7 heteroatoms. The van der Waals surface area contributed by atoms with E-state index >= 15 is 0 Å². The summed E-state index contributed by atoms with van der Waals surface area (Å²) in [5.74, 6) is 0.464.